The van der Waals surface area contributed by atoms with Crippen molar-refractivity contribution >= 4 is 28.1 Å². The van der Waals surface area contributed by atoms with Crippen LogP contribution in [-0.2, 0) is 17.6 Å². The number of unbranched alkanes of at least 4 members (excludes halogenated alkanes) is 1. The van der Waals surface area contributed by atoms with Gasteiger partial charge in [-0.25, -0.2) is 4.98 Å². The van der Waals surface area contributed by atoms with Crippen LogP contribution < -0.4 is 11.1 Å². The van der Waals surface area contributed by atoms with Crippen LogP contribution in [-0.4, -0.2) is 16.0 Å². The van der Waals surface area contributed by atoms with Gasteiger partial charge in [0, 0.05) is 11.1 Å². The van der Waals surface area contributed by atoms with E-state index in [0.717, 1.165) is 5.56 Å². The lowest BCUT2D eigenvalue weighted by Gasteiger charge is -2.11. The summed E-state index contributed by atoms with van der Waals surface area (Å²) in [6, 6.07) is 6.20. The Labute approximate surface area is 182 Å². The third-order valence-electron chi connectivity index (χ3n) is 4.32. The molecule has 29 heavy (non-hydrogen) atoms. The first-order valence-electron chi connectivity index (χ1n) is 11.9. The highest BCUT2D eigenvalue weighted by atomic mass is 32.1. The molecule has 152 valence electrons. The summed E-state index contributed by atoms with van der Waals surface area (Å²) in [7, 11) is 0. The first kappa shape index (κ1) is 15.2. The van der Waals surface area contributed by atoms with E-state index in [2.05, 4.69) is 10.3 Å². The van der Waals surface area contributed by atoms with Gasteiger partial charge in [-0.15, -0.1) is 11.3 Å². The summed E-state index contributed by atoms with van der Waals surface area (Å²) in [6.45, 7) is 1.49. The molecular weight excluding hydrogens is 382 g/mol. The Morgan fingerprint density at radius 3 is 2.66 bits per heavy atom. The number of amides is 1. The zero-order valence-electron chi connectivity index (χ0n) is 21.2. The first-order chi connectivity index (χ1) is 16.0. The maximum absolute atomic E-state index is 12.1. The number of aliphatic hydroxyl groups is 1. The molecule has 0 aliphatic heterocycles. The van der Waals surface area contributed by atoms with Gasteiger partial charge in [-0.1, -0.05) is 48.3 Å². The van der Waals surface area contributed by atoms with E-state index in [-0.39, 0.29) is 54.0 Å². The predicted molar refractivity (Wildman–Crippen MR) is 119 cm³/mol. The van der Waals surface area contributed by atoms with Crippen LogP contribution >= 0.6 is 11.3 Å². The number of carbonyl (C=O) groups excluding carboxylic acids is 1. The van der Waals surface area contributed by atoms with E-state index in [0.29, 0.717) is 35.8 Å². The molecule has 1 atom stereocenters. The second-order valence-corrected chi connectivity index (χ2v) is 7.64. The smallest absolute Gasteiger partial charge is 0.230 e. The normalized spacial score (nSPS) is 15.4. The van der Waals surface area contributed by atoms with Gasteiger partial charge in [0.1, 0.15) is 0 Å². The molecule has 3 aromatic rings. The Kier molecular flexibility index (Phi) is 5.33. The Hall–Kier alpha value is -2.70. The number of thiazole rings is 1. The lowest BCUT2D eigenvalue weighted by atomic mass is 10.0. The average Bonchev–Trinajstić information content (AvgIpc) is 3.19. The summed E-state index contributed by atoms with van der Waals surface area (Å²) in [6.07, 6.45) is -0.262. The molecule has 0 spiro atoms. The maximum atomic E-state index is 12.1. The standard InChI is InChI=1S/C23H27N3O2S/c1-16-6-10-18(11-7-16)21(27)5-3-2-4-17-8-12-19(13-9-17)25-22(28)14-20-15-29-23(24)26-20/h6-13,15,21,27H,2-5,14H2,1H3,(H2,24,26)(H,25,28)/t21-/m0/s1/i6D,7D,10D,11D,21D. The van der Waals surface area contributed by atoms with Crippen LogP contribution in [0, 0.1) is 6.92 Å². The minimum atomic E-state index is -2.20. The van der Waals surface area contributed by atoms with Crippen LogP contribution in [0.15, 0.2) is 53.8 Å². The number of anilines is 2. The van der Waals surface area contributed by atoms with E-state index in [1.54, 1.807) is 17.5 Å². The molecule has 4 N–H and O–H groups in total. The van der Waals surface area contributed by atoms with Gasteiger partial charge in [0.15, 0.2) is 5.13 Å². The third kappa shape index (κ3) is 6.69. The van der Waals surface area contributed by atoms with Gasteiger partial charge in [0.05, 0.1) is 25.0 Å². The maximum Gasteiger partial charge on any atom is 0.230 e. The number of hydrogen-bond donors (Lipinski definition) is 3. The molecular formula is C23H27N3O2S. The zero-order valence-corrected chi connectivity index (χ0v) is 17.0. The lowest BCUT2D eigenvalue weighted by molar-refractivity contribution is -0.115. The highest BCUT2D eigenvalue weighted by Crippen LogP contribution is 2.21. The summed E-state index contributed by atoms with van der Waals surface area (Å²) in [5.41, 5.74) is 7.81. The van der Waals surface area contributed by atoms with Gasteiger partial charge < -0.3 is 16.2 Å². The molecule has 0 aliphatic rings. The van der Waals surface area contributed by atoms with Gasteiger partial charge in [-0.3, -0.25) is 4.79 Å². The summed E-state index contributed by atoms with van der Waals surface area (Å²) >= 11 is 1.29. The van der Waals surface area contributed by atoms with E-state index in [9.17, 15) is 9.90 Å². The van der Waals surface area contributed by atoms with E-state index < -0.39 is 6.08 Å². The number of nitrogen functional groups attached to an aromatic ring is 1. The number of nitrogens with two attached hydrogens (primary N) is 1. The second kappa shape index (κ2) is 10.2. The van der Waals surface area contributed by atoms with Crippen molar-refractivity contribution in [1.82, 2.24) is 4.98 Å². The largest absolute Gasteiger partial charge is 0.388 e. The molecule has 0 saturated heterocycles. The number of rotatable bonds is 9. The number of nitrogens with zero attached hydrogens (tertiary/aromatic N) is 1. The van der Waals surface area contributed by atoms with E-state index in [1.807, 2.05) is 12.1 Å². The van der Waals surface area contributed by atoms with Gasteiger partial charge in [-0.2, -0.15) is 0 Å². The van der Waals surface area contributed by atoms with E-state index in [1.165, 1.54) is 18.3 Å². The third-order valence-corrected chi connectivity index (χ3v) is 5.04. The molecule has 0 bridgehead atoms. The van der Waals surface area contributed by atoms with Crippen molar-refractivity contribution in [2.24, 2.45) is 0 Å². The minimum Gasteiger partial charge on any atom is -0.388 e. The fourth-order valence-corrected chi connectivity index (χ4v) is 3.36. The number of nitrogens with one attached hydrogen (secondary N) is 1. The van der Waals surface area contributed by atoms with Crippen molar-refractivity contribution in [2.45, 2.75) is 45.1 Å². The lowest BCUT2D eigenvalue weighted by Crippen LogP contribution is -2.14. The molecule has 1 aromatic heterocycles. The minimum absolute atomic E-state index is 0.0119. The fourth-order valence-electron chi connectivity index (χ4n) is 2.79. The summed E-state index contributed by atoms with van der Waals surface area (Å²) < 4.78 is 40.3. The van der Waals surface area contributed by atoms with Gasteiger partial charge >= 0.3 is 0 Å². The first-order valence-corrected chi connectivity index (χ1v) is 10.3. The van der Waals surface area contributed by atoms with Crippen LogP contribution in [0.25, 0.3) is 0 Å². The zero-order chi connectivity index (χ0) is 25.0. The van der Waals surface area contributed by atoms with Crippen molar-refractivity contribution in [3.63, 3.8) is 0 Å². The van der Waals surface area contributed by atoms with Crippen LogP contribution in [0.1, 0.15) is 54.6 Å². The Balaban J connectivity index is 1.51. The molecule has 3 rings (SSSR count). The molecule has 6 heteroatoms. The van der Waals surface area contributed by atoms with Crippen LogP contribution in [0.4, 0.5) is 10.8 Å². The second-order valence-electron chi connectivity index (χ2n) is 6.75. The Bertz CT molecular complexity index is 1150. The van der Waals surface area contributed by atoms with Crippen LogP contribution in [0.3, 0.4) is 0 Å². The topological polar surface area (TPSA) is 88.2 Å². The van der Waals surface area contributed by atoms with Crippen molar-refractivity contribution in [3.8, 4) is 0 Å². The molecule has 5 nitrogen and oxygen atoms in total. The molecule has 0 unspecified atom stereocenters. The molecule has 0 radical (unpaired) electrons. The highest BCUT2D eigenvalue weighted by molar-refractivity contribution is 7.13. The van der Waals surface area contributed by atoms with Crippen LogP contribution in [0.2, 0.25) is 0 Å². The van der Waals surface area contributed by atoms with E-state index in [4.69, 9.17) is 12.6 Å². The average molecular weight is 415 g/mol. The summed E-state index contributed by atoms with van der Waals surface area (Å²) in [4.78, 5) is 16.2. The van der Waals surface area contributed by atoms with Crippen molar-refractivity contribution < 1.29 is 16.8 Å². The number of carbonyl (C=O) groups is 1. The predicted octanol–water partition coefficient (Wildman–Crippen LogP) is 4.66. The SMILES string of the molecule is [2H]c1c([2H])c([C@@]([2H])(O)CCCCc2ccc(NC(=O)Cc3csc(N)n3)cc2)c([2H])c([2H])c1C. The Morgan fingerprint density at radius 2 is 2.00 bits per heavy atom. The summed E-state index contributed by atoms with van der Waals surface area (Å²) in [5.74, 6) is -0.182. The molecule has 0 saturated carbocycles. The molecule has 1 amide bonds. The van der Waals surface area contributed by atoms with Gasteiger partial charge in [0.2, 0.25) is 5.91 Å². The molecule has 0 fully saturated rings. The van der Waals surface area contributed by atoms with Crippen LogP contribution in [0.5, 0.6) is 0 Å². The number of hydrogen-bond acceptors (Lipinski definition) is 5. The summed E-state index contributed by atoms with van der Waals surface area (Å²) in [5, 5.41) is 15.6. The van der Waals surface area contributed by atoms with Crippen molar-refractivity contribution in [3.05, 3.63) is 76.2 Å². The molecule has 0 aliphatic carbocycles. The van der Waals surface area contributed by atoms with Crippen molar-refractivity contribution in [1.29, 1.82) is 0 Å². The Morgan fingerprint density at radius 1 is 1.28 bits per heavy atom. The number of aryl methyl sites for hydroxylation is 1. The molecule has 1 heterocycles. The quantitative estimate of drug-likeness (QED) is 0.444. The monoisotopic (exact) mass is 414 g/mol. The van der Waals surface area contributed by atoms with Gasteiger partial charge in [0.25, 0.3) is 0 Å². The number of aromatic nitrogens is 1. The van der Waals surface area contributed by atoms with Gasteiger partial charge in [-0.05, 0) is 49.4 Å². The highest BCUT2D eigenvalue weighted by Gasteiger charge is 2.08. The number of benzene rings is 2. The van der Waals surface area contributed by atoms with E-state index >= 15 is 0 Å². The van der Waals surface area contributed by atoms with Crippen molar-refractivity contribution in [2.75, 3.05) is 11.1 Å². The fraction of sp³-hybridized carbons (Fsp3) is 0.304. The molecule has 2 aromatic carbocycles.